The highest BCUT2D eigenvalue weighted by Gasteiger charge is 2.30. The van der Waals surface area contributed by atoms with Crippen LogP contribution in [0.2, 0.25) is 0 Å². The van der Waals surface area contributed by atoms with Crippen molar-refractivity contribution in [2.45, 2.75) is 75.7 Å². The standard InChI is InChI=1S/C33H43N5O8/c1-21-29(40)37-25(13-7-8-16-34-33(44)28-15-9-17-45-28)31(42)36-23(18-22-10-3-2-4-11-22)20-46-27-14-6-5-12-24(27)30(41)38-26(19-39)32(43)35-21/h2-6,10-12,14,21,23,25-26,28,39H,7-9,13,15-20H2,1H3,(H,34,44)(H,35,43)(H,36,42)(H,37,40)(H,38,41)/t21-,23-,25-,26-,28-/m0/s1. The van der Waals surface area contributed by atoms with Gasteiger partial charge >= 0.3 is 0 Å². The van der Waals surface area contributed by atoms with Gasteiger partial charge in [-0.05, 0) is 63.1 Å². The zero-order valence-corrected chi connectivity index (χ0v) is 26.0. The molecular weight excluding hydrogens is 594 g/mol. The van der Waals surface area contributed by atoms with Crippen molar-refractivity contribution in [2.75, 3.05) is 26.4 Å². The van der Waals surface area contributed by atoms with E-state index in [0.717, 1.165) is 12.0 Å². The Balaban J connectivity index is 1.52. The zero-order chi connectivity index (χ0) is 32.9. The maximum Gasteiger partial charge on any atom is 0.255 e. The average molecular weight is 638 g/mol. The molecule has 0 aliphatic carbocycles. The molecule has 248 valence electrons. The van der Waals surface area contributed by atoms with Crippen LogP contribution in [0.3, 0.4) is 0 Å². The number of rotatable bonds is 9. The Kier molecular flexibility index (Phi) is 12.9. The molecule has 2 heterocycles. The fourth-order valence-electron chi connectivity index (χ4n) is 5.28. The van der Waals surface area contributed by atoms with E-state index in [0.29, 0.717) is 38.8 Å². The van der Waals surface area contributed by atoms with E-state index >= 15 is 0 Å². The number of nitrogens with one attached hydrogen (secondary N) is 5. The number of carbonyl (C=O) groups is 5. The van der Waals surface area contributed by atoms with Crippen molar-refractivity contribution in [3.63, 3.8) is 0 Å². The van der Waals surface area contributed by atoms with Crippen molar-refractivity contribution in [3.05, 3.63) is 65.7 Å². The molecule has 0 bridgehead atoms. The Bertz CT molecular complexity index is 1350. The Labute approximate surface area is 268 Å². The van der Waals surface area contributed by atoms with Gasteiger partial charge in [-0.1, -0.05) is 42.5 Å². The van der Waals surface area contributed by atoms with E-state index in [1.54, 1.807) is 18.2 Å². The van der Waals surface area contributed by atoms with Crippen LogP contribution in [-0.4, -0.2) is 91.3 Å². The lowest BCUT2D eigenvalue weighted by Crippen LogP contribution is -2.57. The number of fused-ring (bicyclic) bond motifs is 1. The van der Waals surface area contributed by atoms with Crippen LogP contribution in [0, 0.1) is 0 Å². The number of unbranched alkanes of at least 4 members (excludes halogenated alkanes) is 1. The summed E-state index contributed by atoms with van der Waals surface area (Å²) in [5.74, 6) is -2.39. The minimum atomic E-state index is -1.33. The monoisotopic (exact) mass is 637 g/mol. The summed E-state index contributed by atoms with van der Waals surface area (Å²) < 4.78 is 11.5. The van der Waals surface area contributed by atoms with Gasteiger partial charge in [0.2, 0.25) is 23.6 Å². The van der Waals surface area contributed by atoms with Gasteiger partial charge in [0.1, 0.15) is 36.6 Å². The predicted molar refractivity (Wildman–Crippen MR) is 168 cm³/mol. The second-order valence-electron chi connectivity index (χ2n) is 11.5. The molecule has 2 aliphatic heterocycles. The van der Waals surface area contributed by atoms with E-state index in [1.807, 2.05) is 30.3 Å². The Morgan fingerprint density at radius 3 is 2.37 bits per heavy atom. The van der Waals surface area contributed by atoms with Crippen LogP contribution in [0.1, 0.15) is 54.9 Å². The van der Waals surface area contributed by atoms with Crippen LogP contribution in [0.15, 0.2) is 54.6 Å². The highest BCUT2D eigenvalue weighted by atomic mass is 16.5. The Morgan fingerprint density at radius 1 is 0.891 bits per heavy atom. The molecule has 0 unspecified atom stereocenters. The fraction of sp³-hybridized carbons (Fsp3) is 0.485. The molecule has 2 aromatic carbocycles. The number of hydrogen-bond donors (Lipinski definition) is 6. The van der Waals surface area contributed by atoms with Crippen LogP contribution in [-0.2, 0) is 30.3 Å². The van der Waals surface area contributed by atoms with E-state index in [-0.39, 0.29) is 30.2 Å². The number of benzene rings is 2. The maximum absolute atomic E-state index is 13.7. The normalized spacial score (nSPS) is 24.4. The van der Waals surface area contributed by atoms with Gasteiger partial charge in [-0.2, -0.15) is 0 Å². The minimum Gasteiger partial charge on any atom is -0.491 e. The molecule has 4 rings (SSSR count). The number of aliphatic hydroxyl groups is 1. The molecule has 5 amide bonds. The molecule has 0 aromatic heterocycles. The van der Waals surface area contributed by atoms with Crippen molar-refractivity contribution in [1.82, 2.24) is 26.6 Å². The molecule has 6 N–H and O–H groups in total. The van der Waals surface area contributed by atoms with E-state index in [9.17, 15) is 29.1 Å². The Morgan fingerprint density at radius 2 is 1.63 bits per heavy atom. The van der Waals surface area contributed by atoms with Crippen molar-refractivity contribution in [1.29, 1.82) is 0 Å². The average Bonchev–Trinajstić information content (AvgIpc) is 3.60. The third-order valence-electron chi connectivity index (χ3n) is 7.87. The third kappa shape index (κ3) is 10.0. The quantitative estimate of drug-likeness (QED) is 0.213. The largest absolute Gasteiger partial charge is 0.491 e. The first-order chi connectivity index (χ1) is 22.2. The molecule has 2 aromatic rings. The third-order valence-corrected chi connectivity index (χ3v) is 7.87. The summed E-state index contributed by atoms with van der Waals surface area (Å²) in [5.41, 5.74) is 1.09. The van der Waals surface area contributed by atoms with Gasteiger partial charge < -0.3 is 41.2 Å². The number of carbonyl (C=O) groups excluding carboxylic acids is 5. The smallest absolute Gasteiger partial charge is 0.255 e. The lowest BCUT2D eigenvalue weighted by molar-refractivity contribution is -0.133. The van der Waals surface area contributed by atoms with Gasteiger partial charge in [-0.25, -0.2) is 0 Å². The molecule has 13 heteroatoms. The van der Waals surface area contributed by atoms with Gasteiger partial charge in [0.05, 0.1) is 18.2 Å². The molecule has 2 aliphatic rings. The molecule has 0 radical (unpaired) electrons. The summed E-state index contributed by atoms with van der Waals surface area (Å²) in [6, 6.07) is 12.1. The highest BCUT2D eigenvalue weighted by Crippen LogP contribution is 2.19. The maximum atomic E-state index is 13.7. The second-order valence-corrected chi connectivity index (χ2v) is 11.5. The number of ether oxygens (including phenoxy) is 2. The first kappa shape index (κ1) is 34.4. The van der Waals surface area contributed by atoms with Gasteiger partial charge in [-0.15, -0.1) is 0 Å². The van der Waals surface area contributed by atoms with E-state index in [1.165, 1.54) is 13.0 Å². The molecule has 5 atom stereocenters. The number of aliphatic hydroxyl groups excluding tert-OH is 1. The van der Waals surface area contributed by atoms with Crippen LogP contribution in [0.25, 0.3) is 0 Å². The van der Waals surface area contributed by atoms with Crippen LogP contribution < -0.4 is 31.3 Å². The fourth-order valence-corrected chi connectivity index (χ4v) is 5.28. The van der Waals surface area contributed by atoms with Crippen molar-refractivity contribution in [2.24, 2.45) is 0 Å². The highest BCUT2D eigenvalue weighted by molar-refractivity contribution is 6.00. The zero-order valence-electron chi connectivity index (χ0n) is 26.0. The summed E-state index contributed by atoms with van der Waals surface area (Å²) in [4.78, 5) is 65.2. The van der Waals surface area contributed by atoms with E-state index in [4.69, 9.17) is 9.47 Å². The van der Waals surface area contributed by atoms with Crippen molar-refractivity contribution in [3.8, 4) is 5.75 Å². The van der Waals surface area contributed by atoms with Gasteiger partial charge in [0.15, 0.2) is 0 Å². The number of amides is 5. The van der Waals surface area contributed by atoms with Gasteiger partial charge in [-0.3, -0.25) is 24.0 Å². The van der Waals surface area contributed by atoms with Crippen molar-refractivity contribution >= 4 is 29.5 Å². The van der Waals surface area contributed by atoms with E-state index in [2.05, 4.69) is 26.6 Å². The molecule has 0 saturated carbocycles. The summed E-state index contributed by atoms with van der Waals surface area (Å²) in [6.45, 7) is 1.71. The topological polar surface area (TPSA) is 184 Å². The summed E-state index contributed by atoms with van der Waals surface area (Å²) in [5, 5.41) is 23.5. The lowest BCUT2D eigenvalue weighted by atomic mass is 10.0. The summed E-state index contributed by atoms with van der Waals surface area (Å²) in [7, 11) is 0. The molecule has 46 heavy (non-hydrogen) atoms. The summed E-state index contributed by atoms with van der Waals surface area (Å²) in [6.07, 6.45) is 2.88. The van der Waals surface area contributed by atoms with Crippen LogP contribution >= 0.6 is 0 Å². The van der Waals surface area contributed by atoms with Crippen LogP contribution in [0.4, 0.5) is 0 Å². The van der Waals surface area contributed by atoms with Crippen molar-refractivity contribution < 1.29 is 38.6 Å². The van der Waals surface area contributed by atoms with Gasteiger partial charge in [0, 0.05) is 13.2 Å². The van der Waals surface area contributed by atoms with Gasteiger partial charge in [0.25, 0.3) is 5.91 Å². The minimum absolute atomic E-state index is 0.00117. The lowest BCUT2D eigenvalue weighted by Gasteiger charge is -2.26. The molecular formula is C33H43N5O8. The second kappa shape index (κ2) is 17.3. The number of para-hydroxylation sites is 1. The molecule has 1 saturated heterocycles. The summed E-state index contributed by atoms with van der Waals surface area (Å²) >= 11 is 0. The van der Waals surface area contributed by atoms with Crippen LogP contribution in [0.5, 0.6) is 5.75 Å². The first-order valence-electron chi connectivity index (χ1n) is 15.7. The number of hydrogen-bond acceptors (Lipinski definition) is 8. The molecule has 13 nitrogen and oxygen atoms in total. The Hall–Kier alpha value is -4.49. The molecule has 0 spiro atoms. The first-order valence-corrected chi connectivity index (χ1v) is 15.7. The molecule has 1 fully saturated rings. The predicted octanol–water partition coefficient (Wildman–Crippen LogP) is 0.352. The SMILES string of the molecule is C[C@@H]1NC(=O)[C@H](CO)NC(=O)c2ccccc2OC[C@H](Cc2ccccc2)NC(=O)[C@H](CCCCNC(=O)[C@@H]2CCCO2)NC1=O. The van der Waals surface area contributed by atoms with E-state index < -0.39 is 60.5 Å².